The fourth-order valence-corrected chi connectivity index (χ4v) is 1.41. The Hall–Kier alpha value is -1.58. The molecule has 0 saturated carbocycles. The molecule has 2 rings (SSSR count). The second kappa shape index (κ2) is 2.73. The highest BCUT2D eigenvalue weighted by atomic mass is 19.1. The van der Waals surface area contributed by atoms with E-state index < -0.39 is 5.82 Å². The average molecular weight is 181 g/mol. The normalized spacial score (nSPS) is 13.8. The molecule has 1 aliphatic heterocycles. The summed E-state index contributed by atoms with van der Waals surface area (Å²) in [6.07, 6.45) is 0. The molecule has 1 N–H and O–H groups in total. The number of rotatable bonds is 1. The van der Waals surface area contributed by atoms with Crippen LogP contribution in [0.4, 0.5) is 4.39 Å². The quantitative estimate of drug-likeness (QED) is 0.704. The number of benzene rings is 1. The van der Waals surface area contributed by atoms with Gasteiger partial charge in [0.15, 0.2) is 11.6 Å². The van der Waals surface area contributed by atoms with Gasteiger partial charge < -0.3 is 10.1 Å². The van der Waals surface area contributed by atoms with Crippen molar-refractivity contribution >= 4 is 5.91 Å². The molecule has 1 amide bonds. The predicted molar refractivity (Wildman–Crippen MR) is 44.1 cm³/mol. The molecule has 0 spiro atoms. The van der Waals surface area contributed by atoms with E-state index in [1.807, 2.05) is 0 Å². The summed E-state index contributed by atoms with van der Waals surface area (Å²) in [6, 6.07) is 3.21. The zero-order valence-electron chi connectivity index (χ0n) is 7.06. The monoisotopic (exact) mass is 181 g/mol. The molecule has 1 aromatic carbocycles. The van der Waals surface area contributed by atoms with E-state index in [1.165, 1.54) is 13.2 Å². The van der Waals surface area contributed by atoms with E-state index in [0.717, 1.165) is 0 Å². The van der Waals surface area contributed by atoms with Gasteiger partial charge in [0.05, 0.1) is 12.7 Å². The molecule has 0 radical (unpaired) electrons. The van der Waals surface area contributed by atoms with E-state index in [9.17, 15) is 9.18 Å². The smallest absolute Gasteiger partial charge is 0.255 e. The Kier molecular flexibility index (Phi) is 1.69. The second-order valence-corrected chi connectivity index (χ2v) is 2.80. The molecule has 0 aromatic heterocycles. The molecule has 0 unspecified atom stereocenters. The summed E-state index contributed by atoms with van der Waals surface area (Å²) in [5.74, 6) is -0.836. The highest BCUT2D eigenvalue weighted by Crippen LogP contribution is 2.26. The summed E-state index contributed by atoms with van der Waals surface area (Å²) in [5, 5.41) is 2.54. The molecule has 0 atom stereocenters. The molecular formula is C9H8FNO2. The lowest BCUT2D eigenvalue weighted by molar-refractivity contribution is 0.0961. The number of amides is 1. The first-order valence-electron chi connectivity index (χ1n) is 3.87. The van der Waals surface area contributed by atoms with Crippen LogP contribution in [0.1, 0.15) is 15.9 Å². The van der Waals surface area contributed by atoms with Gasteiger partial charge in [0, 0.05) is 6.54 Å². The average Bonchev–Trinajstić information content (AvgIpc) is 2.49. The third-order valence-corrected chi connectivity index (χ3v) is 2.08. The van der Waals surface area contributed by atoms with Gasteiger partial charge >= 0.3 is 0 Å². The predicted octanol–water partition coefficient (Wildman–Crippen LogP) is 1.08. The zero-order valence-corrected chi connectivity index (χ0v) is 7.06. The van der Waals surface area contributed by atoms with Crippen molar-refractivity contribution in [2.45, 2.75) is 6.54 Å². The van der Waals surface area contributed by atoms with Crippen LogP contribution in [0.5, 0.6) is 5.75 Å². The molecular weight excluding hydrogens is 173 g/mol. The third-order valence-electron chi connectivity index (χ3n) is 2.08. The first kappa shape index (κ1) is 8.04. The lowest BCUT2D eigenvalue weighted by atomic mass is 10.1. The summed E-state index contributed by atoms with van der Waals surface area (Å²) in [6.45, 7) is 0.398. The Morgan fingerprint density at radius 3 is 3.00 bits per heavy atom. The number of fused-ring (bicyclic) bond motifs is 1. The van der Waals surface area contributed by atoms with Crippen molar-refractivity contribution in [3.8, 4) is 5.75 Å². The van der Waals surface area contributed by atoms with Gasteiger partial charge in [-0.2, -0.15) is 0 Å². The lowest BCUT2D eigenvalue weighted by Gasteiger charge is -2.03. The topological polar surface area (TPSA) is 38.3 Å². The number of carbonyl (C=O) groups is 1. The molecule has 0 fully saturated rings. The van der Waals surface area contributed by atoms with Crippen LogP contribution < -0.4 is 10.1 Å². The van der Waals surface area contributed by atoms with E-state index in [4.69, 9.17) is 4.74 Å². The van der Waals surface area contributed by atoms with Gasteiger partial charge in [-0.15, -0.1) is 0 Å². The number of hydrogen-bond donors (Lipinski definition) is 1. The van der Waals surface area contributed by atoms with Gasteiger partial charge in [0.25, 0.3) is 5.91 Å². The molecule has 3 nitrogen and oxygen atoms in total. The molecule has 4 heteroatoms. The van der Waals surface area contributed by atoms with Crippen molar-refractivity contribution in [3.63, 3.8) is 0 Å². The number of methoxy groups -OCH3 is 1. The number of ether oxygens (including phenoxy) is 1. The van der Waals surface area contributed by atoms with Crippen molar-refractivity contribution in [3.05, 3.63) is 29.1 Å². The Balaban J connectivity index is 2.63. The third kappa shape index (κ3) is 1.06. The fourth-order valence-electron chi connectivity index (χ4n) is 1.41. The lowest BCUT2D eigenvalue weighted by Crippen LogP contribution is -2.13. The number of hydrogen-bond acceptors (Lipinski definition) is 2. The molecule has 1 heterocycles. The number of nitrogens with one attached hydrogen (secondary N) is 1. The van der Waals surface area contributed by atoms with Gasteiger partial charge in [-0.05, 0) is 11.6 Å². The number of halogens is 1. The highest BCUT2D eigenvalue weighted by molar-refractivity contribution is 5.98. The first-order valence-corrected chi connectivity index (χ1v) is 3.87. The first-order chi connectivity index (χ1) is 6.24. The SMILES string of the molecule is COc1ccc2c(c1F)C(=O)NC2. The maximum atomic E-state index is 13.4. The minimum atomic E-state index is -0.574. The summed E-state index contributed by atoms with van der Waals surface area (Å²) in [5.41, 5.74) is 0.794. The van der Waals surface area contributed by atoms with Crippen LogP contribution in [-0.2, 0) is 6.54 Å². The van der Waals surface area contributed by atoms with Crippen molar-refractivity contribution < 1.29 is 13.9 Å². The summed E-state index contributed by atoms with van der Waals surface area (Å²) < 4.78 is 18.2. The van der Waals surface area contributed by atoms with Crippen LogP contribution in [0.3, 0.4) is 0 Å². The second-order valence-electron chi connectivity index (χ2n) is 2.80. The molecule has 1 aliphatic rings. The highest BCUT2D eigenvalue weighted by Gasteiger charge is 2.25. The van der Waals surface area contributed by atoms with E-state index in [-0.39, 0.29) is 17.2 Å². The van der Waals surface area contributed by atoms with Gasteiger partial charge in [-0.25, -0.2) is 4.39 Å². The molecule has 0 bridgehead atoms. The number of carbonyl (C=O) groups excluding carboxylic acids is 1. The van der Waals surface area contributed by atoms with Crippen LogP contribution in [-0.4, -0.2) is 13.0 Å². The van der Waals surface area contributed by atoms with Gasteiger partial charge in [0.2, 0.25) is 0 Å². The minimum absolute atomic E-state index is 0.107. The zero-order chi connectivity index (χ0) is 9.42. The van der Waals surface area contributed by atoms with Crippen molar-refractivity contribution in [1.82, 2.24) is 5.32 Å². The van der Waals surface area contributed by atoms with Crippen LogP contribution >= 0.6 is 0 Å². The van der Waals surface area contributed by atoms with Crippen molar-refractivity contribution in [2.24, 2.45) is 0 Å². The Morgan fingerprint density at radius 2 is 2.31 bits per heavy atom. The molecule has 68 valence electrons. The Bertz CT molecular complexity index is 376. The van der Waals surface area contributed by atoms with Gasteiger partial charge in [-0.3, -0.25) is 4.79 Å². The summed E-state index contributed by atoms with van der Waals surface area (Å²) in [4.78, 5) is 11.1. The Labute approximate surface area is 74.5 Å². The van der Waals surface area contributed by atoms with Crippen LogP contribution in [0.15, 0.2) is 12.1 Å². The van der Waals surface area contributed by atoms with E-state index in [2.05, 4.69) is 5.32 Å². The standard InChI is InChI=1S/C9H8FNO2/c1-13-6-3-2-5-4-11-9(12)7(5)8(6)10/h2-3H,4H2,1H3,(H,11,12). The molecule has 0 aliphatic carbocycles. The van der Waals surface area contributed by atoms with E-state index >= 15 is 0 Å². The molecule has 1 aromatic rings. The maximum Gasteiger partial charge on any atom is 0.255 e. The van der Waals surface area contributed by atoms with Crippen LogP contribution in [0.25, 0.3) is 0 Å². The minimum Gasteiger partial charge on any atom is -0.494 e. The molecule has 13 heavy (non-hydrogen) atoms. The van der Waals surface area contributed by atoms with Crippen LogP contribution in [0.2, 0.25) is 0 Å². The molecule has 0 saturated heterocycles. The van der Waals surface area contributed by atoms with Crippen molar-refractivity contribution in [2.75, 3.05) is 7.11 Å². The fraction of sp³-hybridized carbons (Fsp3) is 0.222. The summed E-state index contributed by atoms with van der Waals surface area (Å²) in [7, 11) is 1.37. The summed E-state index contributed by atoms with van der Waals surface area (Å²) >= 11 is 0. The van der Waals surface area contributed by atoms with E-state index in [0.29, 0.717) is 12.1 Å². The maximum absolute atomic E-state index is 13.4. The van der Waals surface area contributed by atoms with E-state index in [1.54, 1.807) is 6.07 Å². The van der Waals surface area contributed by atoms with Gasteiger partial charge in [-0.1, -0.05) is 6.07 Å². The van der Waals surface area contributed by atoms with Crippen molar-refractivity contribution in [1.29, 1.82) is 0 Å². The largest absolute Gasteiger partial charge is 0.494 e. The van der Waals surface area contributed by atoms with Gasteiger partial charge in [0.1, 0.15) is 0 Å². The van der Waals surface area contributed by atoms with Crippen LogP contribution in [0, 0.1) is 5.82 Å². The Morgan fingerprint density at radius 1 is 1.54 bits per heavy atom.